The summed E-state index contributed by atoms with van der Waals surface area (Å²) in [6.07, 6.45) is 3.84. The Morgan fingerprint density at radius 2 is 2.00 bits per heavy atom. The van der Waals surface area contributed by atoms with E-state index in [-0.39, 0.29) is 11.9 Å². The fourth-order valence-corrected chi connectivity index (χ4v) is 3.12. The summed E-state index contributed by atoms with van der Waals surface area (Å²) in [5.74, 6) is 0.784. The van der Waals surface area contributed by atoms with Crippen molar-refractivity contribution < 1.29 is 4.79 Å². The topological polar surface area (TPSA) is 49.3 Å². The molecule has 1 atom stereocenters. The average Bonchev–Trinajstić information content (AvgIpc) is 3.05. The molecular weight excluding hydrogens is 288 g/mol. The molecule has 5 nitrogen and oxygen atoms in total. The highest BCUT2D eigenvalue weighted by atomic mass is 16.2. The molecule has 0 radical (unpaired) electrons. The van der Waals surface area contributed by atoms with E-state index in [2.05, 4.69) is 17.1 Å². The lowest BCUT2D eigenvalue weighted by Crippen LogP contribution is -2.29. The third-order valence-electron chi connectivity index (χ3n) is 4.26. The predicted octanol–water partition coefficient (Wildman–Crippen LogP) is 2.89. The SMILES string of the molecule is CC(=O)N1CCC[C@@H]1c1nc(N(C)C)ncc1-c1ccccc1. The van der Waals surface area contributed by atoms with Gasteiger partial charge in [0.15, 0.2) is 0 Å². The molecular formula is C18H22N4O. The number of amides is 1. The van der Waals surface area contributed by atoms with Crippen LogP contribution in [0.2, 0.25) is 0 Å². The lowest BCUT2D eigenvalue weighted by atomic mass is 10.00. The third-order valence-corrected chi connectivity index (χ3v) is 4.26. The van der Waals surface area contributed by atoms with Crippen LogP contribution in [0.5, 0.6) is 0 Å². The quantitative estimate of drug-likeness (QED) is 0.874. The molecule has 1 aromatic heterocycles. The van der Waals surface area contributed by atoms with E-state index in [9.17, 15) is 4.79 Å². The highest BCUT2D eigenvalue weighted by Crippen LogP contribution is 2.36. The Balaban J connectivity index is 2.12. The van der Waals surface area contributed by atoms with Gasteiger partial charge in [-0.1, -0.05) is 30.3 Å². The molecule has 2 aromatic rings. The van der Waals surface area contributed by atoms with E-state index < -0.39 is 0 Å². The second-order valence-corrected chi connectivity index (χ2v) is 6.10. The number of benzene rings is 1. The van der Waals surface area contributed by atoms with Gasteiger partial charge in [-0.3, -0.25) is 4.79 Å². The number of nitrogens with zero attached hydrogens (tertiary/aromatic N) is 4. The summed E-state index contributed by atoms with van der Waals surface area (Å²) in [5.41, 5.74) is 3.04. The van der Waals surface area contributed by atoms with Crippen LogP contribution in [-0.2, 0) is 4.79 Å². The fraction of sp³-hybridized carbons (Fsp3) is 0.389. The van der Waals surface area contributed by atoms with Crippen molar-refractivity contribution in [2.45, 2.75) is 25.8 Å². The van der Waals surface area contributed by atoms with Gasteiger partial charge in [0.05, 0.1) is 11.7 Å². The summed E-state index contributed by atoms with van der Waals surface area (Å²) in [7, 11) is 3.86. The number of hydrogen-bond donors (Lipinski definition) is 0. The van der Waals surface area contributed by atoms with Crippen molar-refractivity contribution >= 4 is 11.9 Å². The van der Waals surface area contributed by atoms with Crippen molar-refractivity contribution in [3.05, 3.63) is 42.2 Å². The third kappa shape index (κ3) is 3.04. The number of aromatic nitrogens is 2. The van der Waals surface area contributed by atoms with E-state index in [1.807, 2.05) is 48.3 Å². The molecule has 0 unspecified atom stereocenters. The molecule has 1 aliphatic heterocycles. The van der Waals surface area contributed by atoms with Gasteiger partial charge in [0.1, 0.15) is 0 Å². The molecule has 1 saturated heterocycles. The Hall–Kier alpha value is -2.43. The Labute approximate surface area is 137 Å². The minimum absolute atomic E-state index is 0.0319. The largest absolute Gasteiger partial charge is 0.347 e. The summed E-state index contributed by atoms with van der Waals surface area (Å²) < 4.78 is 0. The first-order chi connectivity index (χ1) is 11.1. The molecule has 23 heavy (non-hydrogen) atoms. The molecule has 2 heterocycles. The second kappa shape index (κ2) is 6.36. The predicted molar refractivity (Wildman–Crippen MR) is 91.2 cm³/mol. The standard InChI is InChI=1S/C18H22N4O/c1-13(23)22-11-7-10-16(22)17-15(14-8-5-4-6-9-14)12-19-18(20-17)21(2)3/h4-6,8-9,12,16H,7,10-11H2,1-3H3/t16-/m1/s1. The molecule has 1 amide bonds. The number of carbonyl (C=O) groups excluding carboxylic acids is 1. The van der Waals surface area contributed by atoms with Crippen LogP contribution in [0.4, 0.5) is 5.95 Å². The summed E-state index contributed by atoms with van der Waals surface area (Å²) >= 11 is 0. The van der Waals surface area contributed by atoms with E-state index in [1.54, 1.807) is 6.92 Å². The molecule has 1 fully saturated rings. The van der Waals surface area contributed by atoms with Gasteiger partial charge in [0, 0.05) is 39.3 Å². The summed E-state index contributed by atoms with van der Waals surface area (Å²) in [6, 6.07) is 10.2. The van der Waals surface area contributed by atoms with Crippen LogP contribution in [0.3, 0.4) is 0 Å². The van der Waals surface area contributed by atoms with E-state index in [4.69, 9.17) is 4.98 Å². The van der Waals surface area contributed by atoms with Crippen LogP contribution < -0.4 is 4.90 Å². The number of carbonyl (C=O) groups is 1. The van der Waals surface area contributed by atoms with Crippen molar-refractivity contribution in [2.75, 3.05) is 25.5 Å². The maximum Gasteiger partial charge on any atom is 0.225 e. The van der Waals surface area contributed by atoms with Crippen molar-refractivity contribution in [1.29, 1.82) is 0 Å². The van der Waals surface area contributed by atoms with E-state index in [0.717, 1.165) is 36.2 Å². The zero-order valence-corrected chi connectivity index (χ0v) is 13.9. The van der Waals surface area contributed by atoms with Gasteiger partial charge in [0.2, 0.25) is 11.9 Å². The Bertz CT molecular complexity index is 699. The zero-order chi connectivity index (χ0) is 16.4. The molecule has 0 N–H and O–H groups in total. The van der Waals surface area contributed by atoms with Gasteiger partial charge in [-0.05, 0) is 18.4 Å². The summed E-state index contributed by atoms with van der Waals surface area (Å²) in [4.78, 5) is 25.0. The van der Waals surface area contributed by atoms with Crippen molar-refractivity contribution in [3.8, 4) is 11.1 Å². The maximum absolute atomic E-state index is 12.0. The monoisotopic (exact) mass is 310 g/mol. The Morgan fingerprint density at radius 3 is 2.65 bits per heavy atom. The molecule has 5 heteroatoms. The zero-order valence-electron chi connectivity index (χ0n) is 13.9. The van der Waals surface area contributed by atoms with Crippen LogP contribution in [-0.4, -0.2) is 41.4 Å². The van der Waals surface area contributed by atoms with Crippen LogP contribution in [0.25, 0.3) is 11.1 Å². The first-order valence-electron chi connectivity index (χ1n) is 7.95. The van der Waals surface area contributed by atoms with Crippen LogP contribution in [0, 0.1) is 0 Å². The first-order valence-corrected chi connectivity index (χ1v) is 7.95. The van der Waals surface area contributed by atoms with Crippen molar-refractivity contribution in [3.63, 3.8) is 0 Å². The number of hydrogen-bond acceptors (Lipinski definition) is 4. The average molecular weight is 310 g/mol. The number of anilines is 1. The Morgan fingerprint density at radius 1 is 1.26 bits per heavy atom. The van der Waals surface area contributed by atoms with Gasteiger partial charge in [-0.2, -0.15) is 0 Å². The van der Waals surface area contributed by atoms with Crippen LogP contribution in [0.15, 0.2) is 36.5 Å². The smallest absolute Gasteiger partial charge is 0.225 e. The molecule has 1 aliphatic rings. The normalized spacial score (nSPS) is 17.3. The Kier molecular flexibility index (Phi) is 4.28. The minimum Gasteiger partial charge on any atom is -0.347 e. The second-order valence-electron chi connectivity index (χ2n) is 6.10. The van der Waals surface area contributed by atoms with Gasteiger partial charge < -0.3 is 9.80 Å². The number of likely N-dealkylation sites (tertiary alicyclic amines) is 1. The van der Waals surface area contributed by atoms with Crippen LogP contribution >= 0.6 is 0 Å². The van der Waals surface area contributed by atoms with E-state index >= 15 is 0 Å². The molecule has 0 spiro atoms. The lowest BCUT2D eigenvalue weighted by Gasteiger charge is -2.25. The molecule has 0 bridgehead atoms. The molecule has 0 saturated carbocycles. The molecule has 1 aromatic carbocycles. The fourth-order valence-electron chi connectivity index (χ4n) is 3.12. The number of rotatable bonds is 3. The van der Waals surface area contributed by atoms with Gasteiger partial charge in [-0.25, -0.2) is 9.97 Å². The van der Waals surface area contributed by atoms with Crippen molar-refractivity contribution in [2.24, 2.45) is 0 Å². The first kappa shape index (κ1) is 15.5. The van der Waals surface area contributed by atoms with Gasteiger partial charge in [0.25, 0.3) is 0 Å². The van der Waals surface area contributed by atoms with Gasteiger partial charge >= 0.3 is 0 Å². The van der Waals surface area contributed by atoms with E-state index in [1.165, 1.54) is 0 Å². The highest BCUT2D eigenvalue weighted by Gasteiger charge is 2.31. The van der Waals surface area contributed by atoms with Crippen molar-refractivity contribution in [1.82, 2.24) is 14.9 Å². The van der Waals surface area contributed by atoms with E-state index in [0.29, 0.717) is 5.95 Å². The highest BCUT2D eigenvalue weighted by molar-refractivity contribution is 5.75. The molecule has 120 valence electrons. The molecule has 3 rings (SSSR count). The minimum atomic E-state index is 0.0319. The van der Waals surface area contributed by atoms with Crippen LogP contribution in [0.1, 0.15) is 31.5 Å². The summed E-state index contributed by atoms with van der Waals surface area (Å²) in [5, 5.41) is 0. The van der Waals surface area contributed by atoms with Gasteiger partial charge in [-0.15, -0.1) is 0 Å². The maximum atomic E-state index is 12.0. The lowest BCUT2D eigenvalue weighted by molar-refractivity contribution is -0.129. The summed E-state index contributed by atoms with van der Waals surface area (Å²) in [6.45, 7) is 2.43. The molecule has 0 aliphatic carbocycles.